The van der Waals surface area contributed by atoms with Crippen LogP contribution in [0.5, 0.6) is 11.5 Å². The topological polar surface area (TPSA) is 73.6 Å². The van der Waals surface area contributed by atoms with E-state index in [2.05, 4.69) is 5.32 Å². The summed E-state index contributed by atoms with van der Waals surface area (Å²) in [6.45, 7) is 0.261. The lowest BCUT2D eigenvalue weighted by Crippen LogP contribution is -2.00. The molecule has 1 N–H and O–H groups in total. The number of anilines is 1. The number of nitro benzene ring substituents is 1. The highest BCUT2D eigenvalue weighted by Gasteiger charge is 2.13. The zero-order valence-electron chi connectivity index (χ0n) is 11.8. The molecule has 0 aliphatic rings. The van der Waals surface area contributed by atoms with Crippen molar-refractivity contribution in [3.05, 3.63) is 58.1 Å². The first-order valence-corrected chi connectivity index (χ1v) is 6.36. The Morgan fingerprint density at radius 1 is 1.14 bits per heavy atom. The van der Waals surface area contributed by atoms with E-state index in [1.54, 1.807) is 50.6 Å². The van der Waals surface area contributed by atoms with Gasteiger partial charge in [-0.3, -0.25) is 10.1 Å². The lowest BCUT2D eigenvalue weighted by Gasteiger charge is -2.08. The first kappa shape index (κ1) is 14.6. The highest BCUT2D eigenvalue weighted by Crippen LogP contribution is 2.26. The molecule has 0 aliphatic heterocycles. The van der Waals surface area contributed by atoms with Crippen molar-refractivity contribution in [3.8, 4) is 11.5 Å². The van der Waals surface area contributed by atoms with E-state index in [0.29, 0.717) is 11.4 Å². The highest BCUT2D eigenvalue weighted by atomic mass is 16.6. The van der Waals surface area contributed by atoms with Crippen molar-refractivity contribution in [2.75, 3.05) is 19.5 Å². The molecule has 0 saturated heterocycles. The van der Waals surface area contributed by atoms with E-state index in [9.17, 15) is 10.1 Å². The molecule has 0 saturated carbocycles. The number of hydrogen-bond acceptors (Lipinski definition) is 5. The molecule has 0 radical (unpaired) electrons. The normalized spacial score (nSPS) is 10.0. The van der Waals surface area contributed by atoms with Crippen LogP contribution in [0.15, 0.2) is 42.5 Å². The van der Waals surface area contributed by atoms with Crippen LogP contribution in [-0.4, -0.2) is 19.1 Å². The van der Waals surface area contributed by atoms with Gasteiger partial charge in [-0.1, -0.05) is 6.07 Å². The number of nitro groups is 1. The molecule has 0 aliphatic carbocycles. The van der Waals surface area contributed by atoms with E-state index in [4.69, 9.17) is 9.47 Å². The number of methoxy groups -OCH3 is 1. The number of rotatable bonds is 6. The Hall–Kier alpha value is -2.76. The molecule has 2 rings (SSSR count). The average molecular weight is 288 g/mol. The Morgan fingerprint density at radius 2 is 1.81 bits per heavy atom. The first-order valence-electron chi connectivity index (χ1n) is 6.36. The van der Waals surface area contributed by atoms with Gasteiger partial charge in [0.15, 0.2) is 0 Å². The summed E-state index contributed by atoms with van der Waals surface area (Å²) in [5.74, 6) is 1.42. The molecule has 0 amide bonds. The molecular weight excluding hydrogens is 272 g/mol. The molecule has 6 heteroatoms. The summed E-state index contributed by atoms with van der Waals surface area (Å²) in [5.41, 5.74) is 1.25. The monoisotopic (exact) mass is 288 g/mol. The summed E-state index contributed by atoms with van der Waals surface area (Å²) in [7, 11) is 3.24. The fraction of sp³-hybridized carbons (Fsp3) is 0.200. The molecule has 2 aromatic rings. The van der Waals surface area contributed by atoms with Gasteiger partial charge in [0.1, 0.15) is 23.8 Å². The molecular formula is C15H16N2O4. The highest BCUT2D eigenvalue weighted by molar-refractivity contribution is 5.62. The van der Waals surface area contributed by atoms with Crippen molar-refractivity contribution in [1.82, 2.24) is 0 Å². The SMILES string of the molecule is CNc1ccc(COc2ccc(OC)cc2)cc1[N+](=O)[O-]. The van der Waals surface area contributed by atoms with Gasteiger partial charge < -0.3 is 14.8 Å². The second-order valence-electron chi connectivity index (χ2n) is 4.32. The van der Waals surface area contributed by atoms with Crippen LogP contribution in [0.4, 0.5) is 11.4 Å². The molecule has 0 bridgehead atoms. The molecule has 2 aromatic carbocycles. The Kier molecular flexibility index (Phi) is 4.61. The van der Waals surface area contributed by atoms with Crippen LogP contribution in [0.2, 0.25) is 0 Å². The average Bonchev–Trinajstić information content (AvgIpc) is 2.53. The smallest absolute Gasteiger partial charge is 0.292 e. The Bertz CT molecular complexity index is 626. The second kappa shape index (κ2) is 6.60. The van der Waals surface area contributed by atoms with Crippen LogP contribution in [0.3, 0.4) is 0 Å². The fourth-order valence-electron chi connectivity index (χ4n) is 1.87. The van der Waals surface area contributed by atoms with E-state index in [1.165, 1.54) is 6.07 Å². The standard InChI is InChI=1S/C15H16N2O4/c1-16-14-8-3-11(9-15(14)17(18)19)10-21-13-6-4-12(20-2)5-7-13/h3-9,16H,10H2,1-2H3. The summed E-state index contributed by atoms with van der Waals surface area (Å²) in [4.78, 5) is 10.6. The van der Waals surface area contributed by atoms with Gasteiger partial charge >= 0.3 is 0 Å². The lowest BCUT2D eigenvalue weighted by molar-refractivity contribution is -0.384. The number of nitrogens with zero attached hydrogens (tertiary/aromatic N) is 1. The molecule has 0 aromatic heterocycles. The number of nitrogens with one attached hydrogen (secondary N) is 1. The Labute approximate surface area is 122 Å². The summed E-state index contributed by atoms with van der Waals surface area (Å²) < 4.78 is 10.7. The Morgan fingerprint density at radius 3 is 2.38 bits per heavy atom. The molecule has 0 spiro atoms. The van der Waals surface area contributed by atoms with E-state index >= 15 is 0 Å². The molecule has 6 nitrogen and oxygen atoms in total. The third kappa shape index (κ3) is 3.62. The van der Waals surface area contributed by atoms with Gasteiger partial charge in [0.2, 0.25) is 0 Å². The minimum Gasteiger partial charge on any atom is -0.497 e. The second-order valence-corrected chi connectivity index (χ2v) is 4.32. The van der Waals surface area contributed by atoms with E-state index in [-0.39, 0.29) is 12.3 Å². The van der Waals surface area contributed by atoms with Crippen molar-refractivity contribution in [2.45, 2.75) is 6.61 Å². The van der Waals surface area contributed by atoms with Crippen molar-refractivity contribution < 1.29 is 14.4 Å². The molecule has 0 atom stereocenters. The zero-order chi connectivity index (χ0) is 15.2. The molecule has 21 heavy (non-hydrogen) atoms. The maximum Gasteiger partial charge on any atom is 0.292 e. The van der Waals surface area contributed by atoms with Gasteiger partial charge in [-0.25, -0.2) is 0 Å². The van der Waals surface area contributed by atoms with E-state index in [0.717, 1.165) is 11.3 Å². The fourth-order valence-corrected chi connectivity index (χ4v) is 1.87. The van der Waals surface area contributed by atoms with Gasteiger partial charge in [-0.2, -0.15) is 0 Å². The van der Waals surface area contributed by atoms with Crippen LogP contribution in [0.25, 0.3) is 0 Å². The minimum atomic E-state index is -0.414. The predicted octanol–water partition coefficient (Wildman–Crippen LogP) is 3.22. The quantitative estimate of drug-likeness (QED) is 0.652. The van der Waals surface area contributed by atoms with Crippen LogP contribution < -0.4 is 14.8 Å². The third-order valence-corrected chi connectivity index (χ3v) is 2.99. The predicted molar refractivity (Wildman–Crippen MR) is 80.0 cm³/mol. The minimum absolute atomic E-state index is 0.0355. The maximum atomic E-state index is 11.0. The number of benzene rings is 2. The zero-order valence-corrected chi connectivity index (χ0v) is 11.8. The molecule has 0 unspecified atom stereocenters. The van der Waals surface area contributed by atoms with Crippen molar-refractivity contribution >= 4 is 11.4 Å². The van der Waals surface area contributed by atoms with Gasteiger partial charge in [0.25, 0.3) is 5.69 Å². The number of ether oxygens (including phenoxy) is 2. The first-order chi connectivity index (χ1) is 10.1. The molecule has 0 fully saturated rings. The van der Waals surface area contributed by atoms with Crippen LogP contribution >= 0.6 is 0 Å². The van der Waals surface area contributed by atoms with Crippen LogP contribution in [-0.2, 0) is 6.61 Å². The van der Waals surface area contributed by atoms with Gasteiger partial charge in [0.05, 0.1) is 12.0 Å². The Balaban J connectivity index is 2.08. The summed E-state index contributed by atoms with van der Waals surface area (Å²) >= 11 is 0. The molecule has 0 heterocycles. The largest absolute Gasteiger partial charge is 0.497 e. The van der Waals surface area contributed by atoms with Crippen molar-refractivity contribution in [3.63, 3.8) is 0 Å². The van der Waals surface area contributed by atoms with E-state index < -0.39 is 4.92 Å². The summed E-state index contributed by atoms with van der Waals surface area (Å²) in [5, 5.41) is 13.8. The third-order valence-electron chi connectivity index (χ3n) is 2.99. The summed E-state index contributed by atoms with van der Waals surface area (Å²) in [6, 6.07) is 12.1. The lowest BCUT2D eigenvalue weighted by atomic mass is 10.2. The number of hydrogen-bond donors (Lipinski definition) is 1. The molecule has 110 valence electrons. The van der Waals surface area contributed by atoms with Gasteiger partial charge in [-0.15, -0.1) is 0 Å². The van der Waals surface area contributed by atoms with Crippen molar-refractivity contribution in [1.29, 1.82) is 0 Å². The van der Waals surface area contributed by atoms with Crippen molar-refractivity contribution in [2.24, 2.45) is 0 Å². The van der Waals surface area contributed by atoms with Crippen LogP contribution in [0, 0.1) is 10.1 Å². The van der Waals surface area contributed by atoms with Crippen LogP contribution in [0.1, 0.15) is 5.56 Å². The maximum absolute atomic E-state index is 11.0. The van der Waals surface area contributed by atoms with Gasteiger partial charge in [-0.05, 0) is 35.9 Å². The van der Waals surface area contributed by atoms with Gasteiger partial charge in [0, 0.05) is 13.1 Å². The summed E-state index contributed by atoms with van der Waals surface area (Å²) in [6.07, 6.45) is 0. The van der Waals surface area contributed by atoms with E-state index in [1.807, 2.05) is 0 Å².